The lowest BCUT2D eigenvalue weighted by Gasteiger charge is -2.31. The van der Waals surface area contributed by atoms with Gasteiger partial charge in [0.2, 0.25) is 0 Å². The fourth-order valence-electron chi connectivity index (χ4n) is 6.57. The number of halogens is 2. The molecule has 10 nitrogen and oxygen atoms in total. The second-order valence-electron chi connectivity index (χ2n) is 11.6. The van der Waals surface area contributed by atoms with Crippen LogP contribution in [0.3, 0.4) is 0 Å². The van der Waals surface area contributed by atoms with Gasteiger partial charge in [-0.2, -0.15) is 0 Å². The maximum absolute atomic E-state index is 13.8. The zero-order chi connectivity index (χ0) is 32.5. The van der Waals surface area contributed by atoms with Gasteiger partial charge in [-0.3, -0.25) is 9.80 Å². The summed E-state index contributed by atoms with van der Waals surface area (Å²) in [5, 5.41) is 28.8. The van der Waals surface area contributed by atoms with E-state index in [0.717, 1.165) is 21.7 Å². The number of piperazine rings is 1. The number of aryl methyl sites for hydroxylation is 3. The van der Waals surface area contributed by atoms with Crippen molar-refractivity contribution in [2.45, 2.75) is 33.2 Å². The van der Waals surface area contributed by atoms with E-state index in [1.54, 1.807) is 19.1 Å². The minimum absolute atomic E-state index is 0.171. The largest absolute Gasteiger partial charge is 0.498 e. The molecule has 3 heterocycles. The Hall–Kier alpha value is -4.45. The molecule has 1 saturated heterocycles. The number of hydrogen-bond acceptors (Lipinski definition) is 7. The molecule has 1 fully saturated rings. The van der Waals surface area contributed by atoms with Crippen molar-refractivity contribution in [2.24, 2.45) is 0 Å². The Morgan fingerprint density at radius 1 is 1.09 bits per heavy atom. The maximum atomic E-state index is 13.8. The highest BCUT2D eigenvalue weighted by Gasteiger charge is 2.29. The van der Waals surface area contributed by atoms with E-state index < -0.39 is 12.1 Å². The molecule has 46 heavy (non-hydrogen) atoms. The van der Waals surface area contributed by atoms with Crippen molar-refractivity contribution in [1.29, 1.82) is 0 Å². The Balaban J connectivity index is 1.35. The van der Waals surface area contributed by atoms with Crippen LogP contribution in [0.4, 0.5) is 9.18 Å². The number of benzene rings is 3. The lowest BCUT2D eigenvalue weighted by Crippen LogP contribution is -3.19. The van der Waals surface area contributed by atoms with Gasteiger partial charge in [-0.1, -0.05) is 35.0 Å². The van der Waals surface area contributed by atoms with Gasteiger partial charge in [0.15, 0.2) is 0 Å². The highest BCUT2D eigenvalue weighted by molar-refractivity contribution is 6.35. The third-order valence-electron chi connectivity index (χ3n) is 8.78. The first-order chi connectivity index (χ1) is 22.1. The van der Waals surface area contributed by atoms with Crippen molar-refractivity contribution < 1.29 is 38.4 Å². The summed E-state index contributed by atoms with van der Waals surface area (Å²) in [4.78, 5) is 26.8. The van der Waals surface area contributed by atoms with Crippen LogP contribution in [0.15, 0.2) is 53.1 Å². The highest BCUT2D eigenvalue weighted by Crippen LogP contribution is 2.42. The van der Waals surface area contributed by atoms with Gasteiger partial charge < -0.3 is 28.8 Å². The zero-order valence-electron chi connectivity index (χ0n) is 25.6. The minimum atomic E-state index is -1.11. The van der Waals surface area contributed by atoms with Gasteiger partial charge in [0.25, 0.3) is 6.09 Å². The smallest absolute Gasteiger partial charge is 0.352 e. The molecule has 0 saturated carbocycles. The predicted molar refractivity (Wildman–Crippen MR) is 169 cm³/mol. The summed E-state index contributed by atoms with van der Waals surface area (Å²) in [7, 11) is 0. The number of carboxylic acids is 1. The van der Waals surface area contributed by atoms with Crippen molar-refractivity contribution in [3.8, 4) is 16.9 Å². The van der Waals surface area contributed by atoms with Gasteiger partial charge in [0.05, 0.1) is 41.5 Å². The molecule has 240 valence electrons. The summed E-state index contributed by atoms with van der Waals surface area (Å²) < 4.78 is 27.2. The van der Waals surface area contributed by atoms with E-state index in [2.05, 4.69) is 10.1 Å². The third-order valence-corrected chi connectivity index (χ3v) is 9.10. The Morgan fingerprint density at radius 2 is 1.85 bits per heavy atom. The summed E-state index contributed by atoms with van der Waals surface area (Å²) in [6.07, 6.45) is -0.166. The van der Waals surface area contributed by atoms with Crippen LogP contribution in [0, 0.1) is 19.7 Å². The average Bonchev–Trinajstić information content (AvgIpc) is 3.53. The average molecular weight is 649 g/mol. The molecule has 2 aromatic heterocycles. The van der Waals surface area contributed by atoms with Crippen molar-refractivity contribution in [3.63, 3.8) is 0 Å². The number of hydrogen-bond donors (Lipinski definition) is 2. The van der Waals surface area contributed by atoms with E-state index in [1.165, 1.54) is 12.1 Å². The molecule has 0 atom stereocenters. The van der Waals surface area contributed by atoms with E-state index >= 15 is 0 Å². The summed E-state index contributed by atoms with van der Waals surface area (Å²) in [6.45, 7) is 6.72. The van der Waals surface area contributed by atoms with Gasteiger partial charge in [0.1, 0.15) is 23.0 Å². The number of nitrogens with zero attached hydrogens (tertiary/aromatic N) is 3. The standard InChI is InChI=1S/C34H34ClFN4O6/c1-20-29(21(2)46-37-20)30-27(35)11-10-26-25(6-4-18-45-28-7-3-5-22-19-23(36)8-9-24(22)28)32(33(41)42)40(31(26)30)17-14-38-12-15-39(16-13-38)34(43)44/h3,5,7-11,19H,4,6,12-18H2,1-2H3,(H,41,42)(H,43,44). The first-order valence-corrected chi connectivity index (χ1v) is 15.6. The lowest BCUT2D eigenvalue weighted by atomic mass is 9.98. The lowest BCUT2D eigenvalue weighted by molar-refractivity contribution is -0.850. The van der Waals surface area contributed by atoms with E-state index in [9.17, 15) is 24.2 Å². The normalized spacial score (nSPS) is 14.3. The number of quaternary nitrogens is 1. The first kappa shape index (κ1) is 31.5. The SMILES string of the molecule is Cc1noc(C)c1-c1c(Cl)ccc2c(CCCOc3cccc4cc(F)ccc34)c(C(=O)O)n(CCN3CC[NH+](C(=O)[O-])CC3)c12. The topological polar surface area (TPSA) is 125 Å². The van der Waals surface area contributed by atoms with E-state index in [1.807, 2.05) is 35.8 Å². The maximum Gasteiger partial charge on any atom is 0.352 e. The zero-order valence-corrected chi connectivity index (χ0v) is 26.3. The molecule has 0 unspecified atom stereocenters. The second kappa shape index (κ2) is 13.1. The summed E-state index contributed by atoms with van der Waals surface area (Å²) in [5.41, 5.74) is 3.55. The van der Waals surface area contributed by atoms with Gasteiger partial charge in [-0.15, -0.1) is 0 Å². The molecule has 6 rings (SSSR count). The fraction of sp³-hybridized carbons (Fsp3) is 0.324. The van der Waals surface area contributed by atoms with Gasteiger partial charge in [-0.25, -0.2) is 9.18 Å². The van der Waals surface area contributed by atoms with Crippen LogP contribution in [0.5, 0.6) is 5.75 Å². The monoisotopic (exact) mass is 648 g/mol. The number of aromatic nitrogens is 2. The summed E-state index contributed by atoms with van der Waals surface area (Å²) >= 11 is 6.85. The number of fused-ring (bicyclic) bond motifs is 2. The molecule has 1 amide bonds. The predicted octanol–water partition coefficient (Wildman–Crippen LogP) is 4.11. The van der Waals surface area contributed by atoms with E-state index in [0.29, 0.717) is 102 Å². The second-order valence-corrected chi connectivity index (χ2v) is 12.0. The van der Waals surface area contributed by atoms with Crippen molar-refractivity contribution in [2.75, 3.05) is 39.3 Å². The van der Waals surface area contributed by atoms with Crippen LogP contribution in [-0.2, 0) is 13.0 Å². The number of ether oxygens (including phenoxy) is 1. The summed E-state index contributed by atoms with van der Waals surface area (Å²) in [5.74, 6) is -0.177. The number of aromatic carboxylic acids is 1. The van der Waals surface area contributed by atoms with Crippen molar-refractivity contribution in [3.05, 3.63) is 82.1 Å². The van der Waals surface area contributed by atoms with Crippen LogP contribution in [0.2, 0.25) is 5.02 Å². The molecule has 0 aliphatic carbocycles. The molecule has 0 bridgehead atoms. The number of carbonyl (C=O) groups excluding carboxylic acids is 1. The third kappa shape index (κ3) is 6.05. The van der Waals surface area contributed by atoms with Crippen LogP contribution in [0.1, 0.15) is 33.9 Å². The van der Waals surface area contributed by atoms with Gasteiger partial charge >= 0.3 is 5.97 Å². The fourth-order valence-corrected chi connectivity index (χ4v) is 6.81. The molecule has 0 spiro atoms. The molecular formula is C34H34ClFN4O6. The van der Waals surface area contributed by atoms with Crippen molar-refractivity contribution in [1.82, 2.24) is 14.6 Å². The first-order valence-electron chi connectivity index (χ1n) is 15.2. The molecule has 12 heteroatoms. The van der Waals surface area contributed by atoms with Crippen LogP contribution >= 0.6 is 11.6 Å². The molecule has 5 aromatic rings. The molecule has 1 aliphatic rings. The number of carbonyl (C=O) groups is 2. The molecule has 0 radical (unpaired) electrons. The van der Waals surface area contributed by atoms with Gasteiger partial charge in [-0.05, 0) is 68.0 Å². The highest BCUT2D eigenvalue weighted by atomic mass is 35.5. The summed E-state index contributed by atoms with van der Waals surface area (Å²) in [6, 6.07) is 13.7. The molecule has 1 aliphatic heterocycles. The number of amides is 1. The van der Waals surface area contributed by atoms with Crippen LogP contribution in [0.25, 0.3) is 32.8 Å². The van der Waals surface area contributed by atoms with Crippen LogP contribution < -0.4 is 14.7 Å². The van der Waals surface area contributed by atoms with Crippen LogP contribution in [-0.4, -0.2) is 71.1 Å². The Labute approximate surface area is 269 Å². The number of carboxylic acid groups (broad SMARTS) is 2. The Morgan fingerprint density at radius 3 is 2.54 bits per heavy atom. The quantitative estimate of drug-likeness (QED) is 0.217. The minimum Gasteiger partial charge on any atom is -0.498 e. The molecule has 2 N–H and O–H groups in total. The van der Waals surface area contributed by atoms with E-state index in [4.69, 9.17) is 20.9 Å². The number of rotatable bonds is 10. The van der Waals surface area contributed by atoms with E-state index in [-0.39, 0.29) is 11.5 Å². The Bertz CT molecular complexity index is 1930. The Kier molecular flexibility index (Phi) is 8.99. The van der Waals surface area contributed by atoms with Crippen molar-refractivity contribution >= 4 is 45.3 Å². The van der Waals surface area contributed by atoms with Gasteiger partial charge in [0, 0.05) is 42.5 Å². The molecular weight excluding hydrogens is 615 g/mol. The number of nitrogens with one attached hydrogen (secondary N) is 1. The molecule has 3 aromatic carbocycles.